The second-order valence-corrected chi connectivity index (χ2v) is 3.54. The second kappa shape index (κ2) is 3.41. The van der Waals surface area contributed by atoms with E-state index in [1.807, 2.05) is 22.6 Å². The van der Waals surface area contributed by atoms with Crippen molar-refractivity contribution in [3.8, 4) is 6.07 Å². The maximum absolute atomic E-state index is 12.8. The van der Waals surface area contributed by atoms with Gasteiger partial charge < -0.3 is 0 Å². The predicted octanol–water partition coefficient (Wildman–Crippen LogP) is 2.59. The van der Waals surface area contributed by atoms with Gasteiger partial charge in [0, 0.05) is 8.47 Å². The fourth-order valence-corrected chi connectivity index (χ4v) is 1.27. The molecule has 0 radical (unpaired) electrons. The number of benzene rings is 1. The molecule has 0 aromatic heterocycles. The van der Waals surface area contributed by atoms with Crippen molar-refractivity contribution in [3.63, 3.8) is 0 Å². The summed E-state index contributed by atoms with van der Waals surface area (Å²) in [7, 11) is 0. The Labute approximate surface area is 82.8 Å². The lowest BCUT2D eigenvalue weighted by Crippen LogP contribution is -1.86. The van der Waals surface area contributed by atoms with Crippen molar-refractivity contribution >= 4 is 35.2 Å². The monoisotopic (exact) mass is 279 g/mol. The van der Waals surface area contributed by atoms with E-state index in [0.717, 1.165) is 3.57 Å². The fraction of sp³-hybridized carbons (Fsp3) is 0. The van der Waals surface area contributed by atoms with Gasteiger partial charge in [0.05, 0.1) is 5.56 Å². The molecule has 0 atom stereocenters. The number of rotatable bonds is 0. The van der Waals surface area contributed by atoms with Crippen LogP contribution in [0, 0.1) is 20.7 Å². The molecule has 0 fully saturated rings. The first-order chi connectivity index (χ1) is 5.15. The summed E-state index contributed by atoms with van der Waals surface area (Å²) in [5.74, 6) is -0.516. The Morgan fingerprint density at radius 3 is 2.73 bits per heavy atom. The summed E-state index contributed by atoms with van der Waals surface area (Å²) < 4.78 is 13.5. The van der Waals surface area contributed by atoms with Gasteiger partial charge in [-0.1, -0.05) is 0 Å². The van der Waals surface area contributed by atoms with Gasteiger partial charge in [0.25, 0.3) is 0 Å². The van der Waals surface area contributed by atoms with Crippen LogP contribution in [0.25, 0.3) is 0 Å². The molecule has 0 saturated carbocycles. The van der Waals surface area contributed by atoms with Crippen molar-refractivity contribution in [3.05, 3.63) is 27.1 Å². The predicted molar refractivity (Wildman–Crippen MR) is 51.1 cm³/mol. The summed E-state index contributed by atoms with van der Waals surface area (Å²) in [6, 6.07) is 4.46. The van der Waals surface area contributed by atoms with E-state index in [1.54, 1.807) is 6.07 Å². The first-order valence-corrected chi connectivity index (χ1v) is 4.26. The molecule has 0 saturated heterocycles. The van der Waals surface area contributed by atoms with Crippen molar-refractivity contribution in [2.45, 2.75) is 4.90 Å². The van der Waals surface area contributed by atoms with Gasteiger partial charge in [-0.15, -0.1) is 12.6 Å². The van der Waals surface area contributed by atoms with E-state index < -0.39 is 5.82 Å². The molecule has 1 nitrogen and oxygen atoms in total. The Morgan fingerprint density at radius 1 is 1.55 bits per heavy atom. The maximum atomic E-state index is 12.8. The number of halogens is 2. The van der Waals surface area contributed by atoms with Crippen molar-refractivity contribution in [1.29, 1.82) is 5.26 Å². The highest BCUT2D eigenvalue weighted by atomic mass is 127. The lowest BCUT2D eigenvalue weighted by atomic mass is 10.2. The molecule has 11 heavy (non-hydrogen) atoms. The number of nitriles is 1. The number of nitrogens with zero attached hydrogens (tertiary/aromatic N) is 1. The number of hydrogen-bond donors (Lipinski definition) is 1. The molecule has 0 N–H and O–H groups in total. The van der Waals surface area contributed by atoms with Crippen LogP contribution in [0.4, 0.5) is 4.39 Å². The molecule has 0 spiro atoms. The number of hydrogen-bond acceptors (Lipinski definition) is 2. The van der Waals surface area contributed by atoms with Gasteiger partial charge >= 0.3 is 0 Å². The maximum Gasteiger partial charge on any atom is 0.142 e. The second-order valence-electron chi connectivity index (χ2n) is 1.90. The lowest BCUT2D eigenvalue weighted by Gasteiger charge is -1.97. The molecule has 1 aromatic carbocycles. The molecule has 4 heteroatoms. The molecular formula is C7H3FINS. The minimum absolute atomic E-state index is 0.0622. The van der Waals surface area contributed by atoms with E-state index in [1.165, 1.54) is 12.1 Å². The SMILES string of the molecule is N#Cc1cc(I)c(S)cc1F. The summed E-state index contributed by atoms with van der Waals surface area (Å²) in [5, 5.41) is 8.42. The van der Waals surface area contributed by atoms with Gasteiger partial charge in [0.2, 0.25) is 0 Å². The van der Waals surface area contributed by atoms with Crippen molar-refractivity contribution < 1.29 is 4.39 Å². The van der Waals surface area contributed by atoms with Crippen molar-refractivity contribution in [2.75, 3.05) is 0 Å². The number of thiol groups is 1. The summed E-state index contributed by atoms with van der Waals surface area (Å²) >= 11 is 5.99. The lowest BCUT2D eigenvalue weighted by molar-refractivity contribution is 0.619. The van der Waals surface area contributed by atoms with E-state index >= 15 is 0 Å². The van der Waals surface area contributed by atoms with Crippen LogP contribution in [0.5, 0.6) is 0 Å². The van der Waals surface area contributed by atoms with Crippen LogP contribution in [0.15, 0.2) is 17.0 Å². The molecule has 0 aliphatic heterocycles. The van der Waals surface area contributed by atoms with Gasteiger partial charge in [-0.25, -0.2) is 4.39 Å². The van der Waals surface area contributed by atoms with Crippen LogP contribution < -0.4 is 0 Å². The third-order valence-electron chi connectivity index (χ3n) is 1.16. The fourth-order valence-electron chi connectivity index (χ4n) is 0.622. The van der Waals surface area contributed by atoms with Gasteiger partial charge in [-0.2, -0.15) is 5.26 Å². The van der Waals surface area contributed by atoms with E-state index in [2.05, 4.69) is 12.6 Å². The van der Waals surface area contributed by atoms with Gasteiger partial charge in [-0.3, -0.25) is 0 Å². The molecule has 1 rings (SSSR count). The summed E-state index contributed by atoms with van der Waals surface area (Å²) in [6.07, 6.45) is 0. The van der Waals surface area contributed by atoms with E-state index in [0.29, 0.717) is 4.90 Å². The zero-order valence-corrected chi connectivity index (χ0v) is 8.36. The normalized spacial score (nSPS) is 9.27. The largest absolute Gasteiger partial charge is 0.206 e. The Balaban J connectivity index is 3.35. The summed E-state index contributed by atoms with van der Waals surface area (Å²) in [5.41, 5.74) is 0.0622. The Morgan fingerprint density at radius 2 is 2.18 bits per heavy atom. The standard InChI is InChI=1S/C7H3FINS/c8-5-2-7(11)6(9)1-4(5)3-10/h1-2,11H. The molecule has 0 heterocycles. The molecule has 0 unspecified atom stereocenters. The highest BCUT2D eigenvalue weighted by molar-refractivity contribution is 14.1. The van der Waals surface area contributed by atoms with Crippen LogP contribution in [0.3, 0.4) is 0 Å². The zero-order chi connectivity index (χ0) is 8.43. The van der Waals surface area contributed by atoms with Crippen LogP contribution in [0.1, 0.15) is 5.56 Å². The van der Waals surface area contributed by atoms with Crippen LogP contribution in [-0.2, 0) is 0 Å². The average molecular weight is 279 g/mol. The molecule has 0 amide bonds. The molecule has 0 aliphatic carbocycles. The zero-order valence-electron chi connectivity index (χ0n) is 5.31. The first kappa shape index (κ1) is 8.81. The molecule has 0 aliphatic rings. The van der Waals surface area contributed by atoms with Crippen molar-refractivity contribution in [2.24, 2.45) is 0 Å². The minimum Gasteiger partial charge on any atom is -0.206 e. The first-order valence-electron chi connectivity index (χ1n) is 2.73. The molecule has 56 valence electrons. The minimum atomic E-state index is -0.516. The third kappa shape index (κ3) is 1.84. The summed E-state index contributed by atoms with van der Waals surface area (Å²) in [6.45, 7) is 0. The van der Waals surface area contributed by atoms with E-state index in [9.17, 15) is 4.39 Å². The molecular weight excluding hydrogens is 276 g/mol. The van der Waals surface area contributed by atoms with Crippen LogP contribution in [0.2, 0.25) is 0 Å². The Hall–Kier alpha value is -0.280. The van der Waals surface area contributed by atoms with Gasteiger partial charge in [-0.05, 0) is 34.7 Å². The average Bonchev–Trinajstić information content (AvgIpc) is 1.97. The van der Waals surface area contributed by atoms with Crippen LogP contribution in [-0.4, -0.2) is 0 Å². The summed E-state index contributed by atoms with van der Waals surface area (Å²) in [4.78, 5) is 0.558. The smallest absolute Gasteiger partial charge is 0.142 e. The highest BCUT2D eigenvalue weighted by Crippen LogP contribution is 2.20. The topological polar surface area (TPSA) is 23.8 Å². The highest BCUT2D eigenvalue weighted by Gasteiger charge is 2.04. The Kier molecular flexibility index (Phi) is 2.73. The third-order valence-corrected chi connectivity index (χ3v) is 2.85. The molecule has 1 aromatic rings. The Bertz CT molecular complexity index is 332. The van der Waals surface area contributed by atoms with Gasteiger partial charge in [0.15, 0.2) is 0 Å². The van der Waals surface area contributed by atoms with Crippen molar-refractivity contribution in [1.82, 2.24) is 0 Å². The molecule has 0 bridgehead atoms. The quantitative estimate of drug-likeness (QED) is 0.572. The van der Waals surface area contributed by atoms with E-state index in [-0.39, 0.29) is 5.56 Å². The van der Waals surface area contributed by atoms with Gasteiger partial charge in [0.1, 0.15) is 11.9 Å². The van der Waals surface area contributed by atoms with E-state index in [4.69, 9.17) is 5.26 Å². The van der Waals surface area contributed by atoms with Crippen LogP contribution >= 0.6 is 35.2 Å².